The second kappa shape index (κ2) is 8.44. The molecule has 2 aromatic rings. The molecule has 0 aliphatic carbocycles. The lowest BCUT2D eigenvalue weighted by molar-refractivity contribution is -0.121. The molecule has 1 aromatic heterocycles. The van der Waals surface area contributed by atoms with Gasteiger partial charge in [-0.15, -0.1) is 0 Å². The van der Waals surface area contributed by atoms with E-state index in [4.69, 9.17) is 11.6 Å². The van der Waals surface area contributed by atoms with E-state index in [0.29, 0.717) is 27.6 Å². The number of nitrogens with zero attached hydrogens (tertiary/aromatic N) is 2. The number of carbonyl (C=O) groups excluding carboxylic acids is 1. The minimum Gasteiger partial charge on any atom is -0.350 e. The van der Waals surface area contributed by atoms with Crippen LogP contribution in [0.15, 0.2) is 28.2 Å². The van der Waals surface area contributed by atoms with Crippen LogP contribution in [-0.2, 0) is 11.3 Å². The molecule has 1 N–H and O–H groups in total. The van der Waals surface area contributed by atoms with E-state index < -0.39 is 0 Å². The summed E-state index contributed by atoms with van der Waals surface area (Å²) in [6, 6.07) is 5.08. The normalized spacial score (nSPS) is 13.0. The van der Waals surface area contributed by atoms with E-state index >= 15 is 0 Å². The predicted octanol–water partition coefficient (Wildman–Crippen LogP) is 4.25. The van der Waals surface area contributed by atoms with Gasteiger partial charge in [0, 0.05) is 17.1 Å². The summed E-state index contributed by atoms with van der Waals surface area (Å²) in [6.45, 7) is 10.4. The van der Waals surface area contributed by atoms with E-state index in [1.165, 1.54) is 11.8 Å². The van der Waals surface area contributed by atoms with Crippen LogP contribution >= 0.6 is 23.4 Å². The lowest BCUT2D eigenvalue weighted by Gasteiger charge is -2.26. The molecule has 0 aliphatic rings. The third-order valence-electron chi connectivity index (χ3n) is 4.33. The summed E-state index contributed by atoms with van der Waals surface area (Å²) in [7, 11) is 0. The Morgan fingerprint density at radius 1 is 1.38 bits per heavy atom. The molecule has 1 amide bonds. The molecule has 0 bridgehead atoms. The molecule has 26 heavy (non-hydrogen) atoms. The Bertz CT molecular complexity index is 864. The Labute approximate surface area is 163 Å². The molecule has 0 saturated heterocycles. The highest BCUT2D eigenvalue weighted by Gasteiger charge is 2.24. The maximum atomic E-state index is 12.8. The minimum atomic E-state index is -0.368. The monoisotopic (exact) mass is 395 g/mol. The summed E-state index contributed by atoms with van der Waals surface area (Å²) < 4.78 is 1.65. The fourth-order valence-electron chi connectivity index (χ4n) is 2.42. The highest BCUT2D eigenvalue weighted by molar-refractivity contribution is 8.00. The number of carbonyl (C=O) groups is 1. The highest BCUT2D eigenvalue weighted by atomic mass is 35.5. The highest BCUT2D eigenvalue weighted by Crippen LogP contribution is 2.25. The van der Waals surface area contributed by atoms with Crippen LogP contribution < -0.4 is 10.9 Å². The first kappa shape index (κ1) is 20.8. The van der Waals surface area contributed by atoms with Crippen LogP contribution in [0.25, 0.3) is 10.9 Å². The fraction of sp³-hybridized carbons (Fsp3) is 0.526. The van der Waals surface area contributed by atoms with Crippen molar-refractivity contribution in [2.24, 2.45) is 0 Å². The number of hydrogen-bond donors (Lipinski definition) is 1. The van der Waals surface area contributed by atoms with Gasteiger partial charge in [-0.1, -0.05) is 37.2 Å². The van der Waals surface area contributed by atoms with Gasteiger partial charge in [0.2, 0.25) is 5.91 Å². The molecule has 0 radical (unpaired) electrons. The third kappa shape index (κ3) is 4.80. The van der Waals surface area contributed by atoms with Gasteiger partial charge in [0.15, 0.2) is 5.16 Å². The first-order valence-electron chi connectivity index (χ1n) is 8.87. The van der Waals surface area contributed by atoms with E-state index in [1.54, 1.807) is 22.8 Å². The van der Waals surface area contributed by atoms with Crippen LogP contribution in [-0.4, -0.2) is 26.2 Å². The quantitative estimate of drug-likeness (QED) is 0.562. The zero-order valence-corrected chi connectivity index (χ0v) is 17.5. The predicted molar refractivity (Wildman–Crippen MR) is 109 cm³/mol. The zero-order valence-electron chi connectivity index (χ0n) is 15.9. The van der Waals surface area contributed by atoms with Crippen molar-refractivity contribution < 1.29 is 4.79 Å². The lowest BCUT2D eigenvalue weighted by Crippen LogP contribution is -2.46. The van der Waals surface area contributed by atoms with Crippen molar-refractivity contribution in [1.29, 1.82) is 0 Å². The number of amides is 1. The Kier molecular flexibility index (Phi) is 6.74. The maximum absolute atomic E-state index is 12.8. The summed E-state index contributed by atoms with van der Waals surface area (Å²) in [5.74, 6) is -0.0645. The van der Waals surface area contributed by atoms with Crippen LogP contribution in [0, 0.1) is 0 Å². The van der Waals surface area contributed by atoms with Crippen LogP contribution in [0.5, 0.6) is 0 Å². The second-order valence-electron chi connectivity index (χ2n) is 7.00. The number of fused-ring (bicyclic) bond motifs is 1. The first-order valence-corrected chi connectivity index (χ1v) is 10.1. The number of nitrogens with one attached hydrogen (secondary N) is 1. The molecule has 0 fully saturated rings. The topological polar surface area (TPSA) is 64.0 Å². The van der Waals surface area contributed by atoms with Crippen molar-refractivity contribution in [3.8, 4) is 0 Å². The Morgan fingerprint density at radius 2 is 2.08 bits per heavy atom. The van der Waals surface area contributed by atoms with Gasteiger partial charge in [0.25, 0.3) is 5.56 Å². The van der Waals surface area contributed by atoms with Crippen molar-refractivity contribution in [2.45, 2.75) is 70.0 Å². The molecular weight excluding hydrogens is 370 g/mol. The van der Waals surface area contributed by atoms with Crippen molar-refractivity contribution in [3.05, 3.63) is 33.6 Å². The average molecular weight is 396 g/mol. The van der Waals surface area contributed by atoms with Gasteiger partial charge in [0.05, 0.1) is 16.2 Å². The summed E-state index contributed by atoms with van der Waals surface area (Å²) in [4.78, 5) is 30.0. The van der Waals surface area contributed by atoms with Crippen LogP contribution in [0.2, 0.25) is 5.02 Å². The van der Waals surface area contributed by atoms with E-state index in [0.717, 1.165) is 12.8 Å². The largest absolute Gasteiger partial charge is 0.350 e. The summed E-state index contributed by atoms with van der Waals surface area (Å²) in [6.07, 6.45) is 1.64. The smallest absolute Gasteiger partial charge is 0.262 e. The van der Waals surface area contributed by atoms with E-state index in [9.17, 15) is 9.59 Å². The first-order chi connectivity index (χ1) is 12.2. The second-order valence-corrected chi connectivity index (χ2v) is 8.74. The van der Waals surface area contributed by atoms with Gasteiger partial charge in [-0.3, -0.25) is 14.2 Å². The standard InChI is InChI=1S/C19H26ClN3O2S/c1-6-10-23-17(25)14-9-8-13(20)11-15(14)21-18(23)26-12(3)16(24)22-19(4,5)7-2/h8-9,11-12H,6-7,10H2,1-5H3,(H,22,24). The van der Waals surface area contributed by atoms with Gasteiger partial charge in [-0.25, -0.2) is 4.98 Å². The Morgan fingerprint density at radius 3 is 2.69 bits per heavy atom. The summed E-state index contributed by atoms with van der Waals surface area (Å²) in [5, 5.41) is 4.29. The van der Waals surface area contributed by atoms with Gasteiger partial charge in [-0.2, -0.15) is 0 Å². The van der Waals surface area contributed by atoms with Gasteiger partial charge in [-0.05, 0) is 51.8 Å². The molecule has 0 spiro atoms. The molecule has 5 nitrogen and oxygen atoms in total. The molecule has 1 aromatic carbocycles. The van der Waals surface area contributed by atoms with E-state index in [1.807, 2.05) is 34.6 Å². The number of benzene rings is 1. The molecule has 2 rings (SSSR count). The molecule has 0 aliphatic heterocycles. The fourth-order valence-corrected chi connectivity index (χ4v) is 3.52. The third-order valence-corrected chi connectivity index (χ3v) is 5.65. The van der Waals surface area contributed by atoms with Crippen molar-refractivity contribution >= 4 is 40.2 Å². The summed E-state index contributed by atoms with van der Waals surface area (Å²) in [5.41, 5.74) is 0.190. The molecule has 142 valence electrons. The molecule has 1 unspecified atom stereocenters. The molecule has 7 heteroatoms. The van der Waals surface area contributed by atoms with Crippen LogP contribution in [0.1, 0.15) is 47.5 Å². The number of thioether (sulfide) groups is 1. The Balaban J connectivity index is 2.39. The lowest BCUT2D eigenvalue weighted by atomic mass is 10.0. The number of halogens is 1. The van der Waals surface area contributed by atoms with Gasteiger partial charge < -0.3 is 5.32 Å². The minimum absolute atomic E-state index is 0.0645. The van der Waals surface area contributed by atoms with Crippen LogP contribution in [0.3, 0.4) is 0 Å². The van der Waals surface area contributed by atoms with Crippen molar-refractivity contribution in [3.63, 3.8) is 0 Å². The average Bonchev–Trinajstić information content (AvgIpc) is 2.57. The van der Waals surface area contributed by atoms with Crippen molar-refractivity contribution in [1.82, 2.24) is 14.9 Å². The summed E-state index contributed by atoms with van der Waals surface area (Å²) >= 11 is 7.35. The van der Waals surface area contributed by atoms with Crippen LogP contribution in [0.4, 0.5) is 0 Å². The van der Waals surface area contributed by atoms with E-state index in [2.05, 4.69) is 10.3 Å². The number of hydrogen-bond acceptors (Lipinski definition) is 4. The number of aromatic nitrogens is 2. The zero-order chi connectivity index (χ0) is 19.5. The molecule has 1 heterocycles. The maximum Gasteiger partial charge on any atom is 0.262 e. The molecular formula is C19H26ClN3O2S. The van der Waals surface area contributed by atoms with E-state index in [-0.39, 0.29) is 22.3 Å². The SMILES string of the molecule is CCCn1c(SC(C)C(=O)NC(C)(C)CC)nc2cc(Cl)ccc2c1=O. The molecule has 1 atom stereocenters. The Hall–Kier alpha value is -1.53. The van der Waals surface area contributed by atoms with Gasteiger partial charge >= 0.3 is 0 Å². The molecule has 0 saturated carbocycles. The number of rotatable bonds is 7. The van der Waals surface area contributed by atoms with Crippen molar-refractivity contribution in [2.75, 3.05) is 0 Å². The van der Waals surface area contributed by atoms with Gasteiger partial charge in [0.1, 0.15) is 0 Å².